The van der Waals surface area contributed by atoms with Crippen molar-refractivity contribution in [2.45, 2.75) is 58.0 Å². The van der Waals surface area contributed by atoms with Crippen molar-refractivity contribution in [1.29, 1.82) is 0 Å². The number of aromatic nitrogens is 2. The number of fused-ring (bicyclic) bond motifs is 2. The van der Waals surface area contributed by atoms with E-state index < -0.39 is 5.41 Å². The maximum Gasteiger partial charge on any atom is 0.264 e. The lowest BCUT2D eigenvalue weighted by atomic mass is 9.71. The van der Waals surface area contributed by atoms with E-state index in [9.17, 15) is 9.59 Å². The monoisotopic (exact) mass is 400 g/mol. The van der Waals surface area contributed by atoms with E-state index in [1.807, 2.05) is 41.1 Å². The Balaban J connectivity index is 1.48. The fourth-order valence-electron chi connectivity index (χ4n) is 5.08. The van der Waals surface area contributed by atoms with Gasteiger partial charge in [0, 0.05) is 44.5 Å². The van der Waals surface area contributed by atoms with Crippen molar-refractivity contribution >= 4 is 23.2 Å². The van der Waals surface area contributed by atoms with Crippen LogP contribution >= 0.6 is 11.3 Å². The van der Waals surface area contributed by atoms with Crippen LogP contribution in [0.1, 0.15) is 53.7 Å². The highest BCUT2D eigenvalue weighted by Gasteiger charge is 2.60. The van der Waals surface area contributed by atoms with Crippen molar-refractivity contribution in [3.8, 4) is 0 Å². The molecule has 2 fully saturated rings. The Morgan fingerprint density at radius 1 is 1.39 bits per heavy atom. The van der Waals surface area contributed by atoms with E-state index in [1.54, 1.807) is 6.20 Å². The largest absolute Gasteiger partial charge is 0.355 e. The molecule has 7 heteroatoms. The van der Waals surface area contributed by atoms with E-state index in [4.69, 9.17) is 0 Å². The van der Waals surface area contributed by atoms with Gasteiger partial charge < -0.3 is 14.8 Å². The Morgan fingerprint density at radius 3 is 2.86 bits per heavy atom. The average Bonchev–Trinajstić information content (AvgIpc) is 3.45. The molecule has 2 amide bonds. The van der Waals surface area contributed by atoms with Crippen LogP contribution in [0.5, 0.6) is 0 Å². The van der Waals surface area contributed by atoms with Gasteiger partial charge >= 0.3 is 0 Å². The van der Waals surface area contributed by atoms with Gasteiger partial charge in [0.2, 0.25) is 5.91 Å². The molecule has 4 rings (SSSR count). The molecule has 6 nitrogen and oxygen atoms in total. The van der Waals surface area contributed by atoms with Gasteiger partial charge in [0.05, 0.1) is 10.3 Å². The van der Waals surface area contributed by atoms with Crippen LogP contribution in [0.25, 0.3) is 0 Å². The van der Waals surface area contributed by atoms with E-state index in [-0.39, 0.29) is 23.9 Å². The third kappa shape index (κ3) is 2.96. The molecule has 0 saturated carbocycles. The number of hydrogen-bond acceptors (Lipinski definition) is 4. The SMILES string of the molecule is CC[C@@]1(C(=O)NCCc2nccn2C)C[C@@H]2CC[C@H]1N2C(=O)c1sccc1C. The Morgan fingerprint density at radius 2 is 2.21 bits per heavy atom. The minimum atomic E-state index is -0.467. The van der Waals surface area contributed by atoms with E-state index in [0.29, 0.717) is 13.0 Å². The molecule has 0 unspecified atom stereocenters. The van der Waals surface area contributed by atoms with Gasteiger partial charge in [-0.1, -0.05) is 6.92 Å². The van der Waals surface area contributed by atoms with Crippen LogP contribution in [0.15, 0.2) is 23.8 Å². The van der Waals surface area contributed by atoms with Crippen molar-refractivity contribution in [2.75, 3.05) is 6.54 Å². The Kier molecular flexibility index (Phi) is 5.04. The molecule has 0 aromatic carbocycles. The molecule has 0 radical (unpaired) electrons. The summed E-state index contributed by atoms with van der Waals surface area (Å²) in [6.45, 7) is 4.64. The number of hydrogen-bond donors (Lipinski definition) is 1. The molecular weight excluding hydrogens is 372 g/mol. The molecule has 2 bridgehead atoms. The standard InChI is InChI=1S/C21H28N4O2S/c1-4-21(20(27)23-9-7-17-22-10-11-24(17)3)13-15-5-6-16(21)25(15)19(26)18-14(2)8-12-28-18/h8,10-12,15-16H,4-7,9,13H2,1-3H3,(H,23,27)/t15-,16+,21+/m0/s1. The first-order valence-corrected chi connectivity index (χ1v) is 11.0. The van der Waals surface area contributed by atoms with Gasteiger partial charge in [-0.05, 0) is 49.6 Å². The highest BCUT2D eigenvalue weighted by Crippen LogP contribution is 2.52. The first kappa shape index (κ1) is 19.2. The fourth-order valence-corrected chi connectivity index (χ4v) is 5.95. The molecular formula is C21H28N4O2S. The van der Waals surface area contributed by atoms with Gasteiger partial charge in [-0.3, -0.25) is 9.59 Å². The number of carbonyl (C=O) groups excluding carboxylic acids is 2. The first-order chi connectivity index (χ1) is 13.5. The summed E-state index contributed by atoms with van der Waals surface area (Å²) >= 11 is 1.51. The number of amides is 2. The van der Waals surface area contributed by atoms with Gasteiger partial charge in [-0.25, -0.2) is 4.98 Å². The third-order valence-corrected chi connectivity index (χ3v) is 7.67. The molecule has 150 valence electrons. The second kappa shape index (κ2) is 7.35. The number of nitrogens with one attached hydrogen (secondary N) is 1. The summed E-state index contributed by atoms with van der Waals surface area (Å²) < 4.78 is 1.98. The lowest BCUT2D eigenvalue weighted by molar-refractivity contribution is -0.132. The number of carbonyl (C=O) groups is 2. The molecule has 2 aromatic heterocycles. The van der Waals surface area contributed by atoms with Crippen molar-refractivity contribution in [3.63, 3.8) is 0 Å². The maximum absolute atomic E-state index is 13.2. The lowest BCUT2D eigenvalue weighted by Crippen LogP contribution is -2.50. The molecule has 1 N–H and O–H groups in total. The quantitative estimate of drug-likeness (QED) is 0.811. The molecule has 3 atom stereocenters. The molecule has 0 spiro atoms. The van der Waals surface area contributed by atoms with E-state index in [0.717, 1.165) is 41.9 Å². The average molecular weight is 401 g/mol. The second-order valence-electron chi connectivity index (χ2n) is 8.07. The van der Waals surface area contributed by atoms with Gasteiger partial charge in [0.1, 0.15) is 5.82 Å². The number of imidazole rings is 1. The third-order valence-electron chi connectivity index (χ3n) is 6.67. The van der Waals surface area contributed by atoms with Gasteiger partial charge in [-0.15, -0.1) is 11.3 Å². The lowest BCUT2D eigenvalue weighted by Gasteiger charge is -2.35. The molecule has 28 heavy (non-hydrogen) atoms. The van der Waals surface area contributed by atoms with Gasteiger partial charge in [-0.2, -0.15) is 0 Å². The Bertz CT molecular complexity index is 889. The smallest absolute Gasteiger partial charge is 0.264 e. The summed E-state index contributed by atoms with van der Waals surface area (Å²) in [5.74, 6) is 1.16. The van der Waals surface area contributed by atoms with Crippen molar-refractivity contribution in [3.05, 3.63) is 40.1 Å². The van der Waals surface area contributed by atoms with Crippen LogP contribution in [-0.2, 0) is 18.3 Å². The van der Waals surface area contributed by atoms with E-state index >= 15 is 0 Å². The van der Waals surface area contributed by atoms with Crippen molar-refractivity contribution in [2.24, 2.45) is 12.5 Å². The number of thiophene rings is 1. The molecule has 2 aliphatic rings. The minimum Gasteiger partial charge on any atom is -0.355 e. The van der Waals surface area contributed by atoms with Crippen LogP contribution in [-0.4, -0.2) is 44.9 Å². The normalized spacial score (nSPS) is 26.0. The highest BCUT2D eigenvalue weighted by molar-refractivity contribution is 7.12. The Labute approximate surface area is 169 Å². The number of rotatable bonds is 6. The van der Waals surface area contributed by atoms with E-state index in [1.165, 1.54) is 11.3 Å². The zero-order chi connectivity index (χ0) is 19.9. The van der Waals surface area contributed by atoms with Gasteiger partial charge in [0.25, 0.3) is 5.91 Å². The number of aryl methyl sites for hydroxylation is 2. The van der Waals surface area contributed by atoms with Crippen molar-refractivity contribution in [1.82, 2.24) is 19.8 Å². The Hall–Kier alpha value is -2.15. The summed E-state index contributed by atoms with van der Waals surface area (Å²) in [7, 11) is 1.96. The molecule has 2 aliphatic heterocycles. The molecule has 2 aromatic rings. The summed E-state index contributed by atoms with van der Waals surface area (Å²) in [5, 5.41) is 5.11. The number of nitrogens with zero attached hydrogens (tertiary/aromatic N) is 3. The highest BCUT2D eigenvalue weighted by atomic mass is 32.1. The molecule has 2 saturated heterocycles. The van der Waals surface area contributed by atoms with Crippen LogP contribution in [0, 0.1) is 12.3 Å². The predicted octanol–water partition coefficient (Wildman–Crippen LogP) is 2.92. The van der Waals surface area contributed by atoms with Crippen LogP contribution < -0.4 is 5.32 Å². The zero-order valence-corrected chi connectivity index (χ0v) is 17.6. The van der Waals surface area contributed by atoms with E-state index in [2.05, 4.69) is 17.2 Å². The summed E-state index contributed by atoms with van der Waals surface area (Å²) in [6.07, 6.45) is 7.85. The second-order valence-corrected chi connectivity index (χ2v) is 8.98. The van der Waals surface area contributed by atoms with Crippen LogP contribution in [0.2, 0.25) is 0 Å². The molecule has 0 aliphatic carbocycles. The first-order valence-electron chi connectivity index (χ1n) is 10.1. The zero-order valence-electron chi connectivity index (χ0n) is 16.8. The molecule has 4 heterocycles. The van der Waals surface area contributed by atoms with Crippen LogP contribution in [0.4, 0.5) is 0 Å². The maximum atomic E-state index is 13.2. The summed E-state index contributed by atoms with van der Waals surface area (Å²) in [5.41, 5.74) is 0.564. The minimum absolute atomic E-state index is 0.00432. The van der Waals surface area contributed by atoms with Crippen LogP contribution in [0.3, 0.4) is 0 Å². The fraction of sp³-hybridized carbons (Fsp3) is 0.571. The predicted molar refractivity (Wildman–Crippen MR) is 109 cm³/mol. The summed E-state index contributed by atoms with van der Waals surface area (Å²) in [4.78, 5) is 33.6. The summed E-state index contributed by atoms with van der Waals surface area (Å²) in [6, 6.07) is 2.18. The van der Waals surface area contributed by atoms with Gasteiger partial charge in [0.15, 0.2) is 0 Å². The topological polar surface area (TPSA) is 67.2 Å². The van der Waals surface area contributed by atoms with Crippen molar-refractivity contribution < 1.29 is 9.59 Å².